The van der Waals surface area contributed by atoms with Gasteiger partial charge in [0, 0.05) is 40.1 Å². The molecule has 2 aromatic heterocycles. The smallest absolute Gasteiger partial charge is 0.254 e. The number of benzene rings is 1. The summed E-state index contributed by atoms with van der Waals surface area (Å²) in [5.74, 6) is 1.94. The van der Waals surface area contributed by atoms with E-state index >= 15 is 0 Å². The van der Waals surface area contributed by atoms with Gasteiger partial charge in [-0.05, 0) is 38.1 Å². The van der Waals surface area contributed by atoms with Gasteiger partial charge in [0.15, 0.2) is 0 Å². The molecular weight excluding hydrogens is 352 g/mol. The van der Waals surface area contributed by atoms with Crippen LogP contribution in [0.2, 0.25) is 5.02 Å². The molecule has 0 unspecified atom stereocenters. The molecule has 0 radical (unpaired) electrons. The highest BCUT2D eigenvalue weighted by atomic mass is 35.5. The summed E-state index contributed by atoms with van der Waals surface area (Å²) < 4.78 is 5.34. The zero-order valence-corrected chi connectivity index (χ0v) is 15.5. The van der Waals surface area contributed by atoms with Crippen LogP contribution in [0.1, 0.15) is 16.8 Å². The van der Waals surface area contributed by atoms with E-state index in [1.165, 1.54) is 0 Å². The van der Waals surface area contributed by atoms with E-state index in [4.69, 9.17) is 16.3 Å². The number of aromatic nitrogens is 3. The van der Waals surface area contributed by atoms with Crippen LogP contribution in [0.5, 0.6) is 5.75 Å². The summed E-state index contributed by atoms with van der Waals surface area (Å²) in [4.78, 5) is 23.5. The van der Waals surface area contributed by atoms with Crippen LogP contribution in [0.15, 0.2) is 41.3 Å². The molecule has 6 nitrogen and oxygen atoms in total. The molecule has 134 valence electrons. The van der Waals surface area contributed by atoms with Gasteiger partial charge in [0.05, 0.1) is 7.11 Å². The molecule has 0 saturated carbocycles. The zero-order chi connectivity index (χ0) is 18.7. The molecule has 7 heteroatoms. The lowest BCUT2D eigenvalue weighted by Gasteiger charge is -2.11. The van der Waals surface area contributed by atoms with E-state index in [0.29, 0.717) is 34.5 Å². The number of hydrogen-bond acceptors (Lipinski definition) is 5. The maximum Gasteiger partial charge on any atom is 0.254 e. The summed E-state index contributed by atoms with van der Waals surface area (Å²) in [6.07, 6.45) is 1.68. The van der Waals surface area contributed by atoms with Gasteiger partial charge in [-0.2, -0.15) is 0 Å². The average molecular weight is 371 g/mol. The molecule has 26 heavy (non-hydrogen) atoms. The SMILES string of the molecule is COc1cc(Cl)ccc1CNc1ccc(-c2nc(C)c(C)c(=O)[nH]2)cn1. The molecular formula is C19H19ClN4O2. The van der Waals surface area contributed by atoms with E-state index < -0.39 is 0 Å². The summed E-state index contributed by atoms with van der Waals surface area (Å²) in [6.45, 7) is 4.11. The van der Waals surface area contributed by atoms with Crippen molar-refractivity contribution in [1.29, 1.82) is 0 Å². The number of aromatic amines is 1. The van der Waals surface area contributed by atoms with Gasteiger partial charge < -0.3 is 15.0 Å². The van der Waals surface area contributed by atoms with Crippen molar-refractivity contribution >= 4 is 17.4 Å². The number of hydrogen-bond donors (Lipinski definition) is 2. The molecule has 1 aromatic carbocycles. The van der Waals surface area contributed by atoms with Crippen molar-refractivity contribution < 1.29 is 4.74 Å². The predicted molar refractivity (Wildman–Crippen MR) is 103 cm³/mol. The van der Waals surface area contributed by atoms with Gasteiger partial charge in [0.1, 0.15) is 17.4 Å². The second kappa shape index (κ2) is 7.58. The van der Waals surface area contributed by atoms with Crippen molar-refractivity contribution in [2.45, 2.75) is 20.4 Å². The number of H-pyrrole nitrogens is 1. The number of ether oxygens (including phenoxy) is 1. The molecule has 2 N–H and O–H groups in total. The highest BCUT2D eigenvalue weighted by molar-refractivity contribution is 6.30. The Hall–Kier alpha value is -2.86. The molecule has 0 atom stereocenters. The summed E-state index contributed by atoms with van der Waals surface area (Å²) >= 11 is 5.98. The van der Waals surface area contributed by atoms with Crippen molar-refractivity contribution in [2.24, 2.45) is 0 Å². The number of rotatable bonds is 5. The number of nitrogens with zero attached hydrogens (tertiary/aromatic N) is 2. The maximum absolute atomic E-state index is 11.9. The van der Waals surface area contributed by atoms with Gasteiger partial charge in [-0.3, -0.25) is 4.79 Å². The first-order valence-corrected chi connectivity index (χ1v) is 8.46. The van der Waals surface area contributed by atoms with Crippen molar-refractivity contribution in [2.75, 3.05) is 12.4 Å². The molecule has 3 rings (SSSR count). The lowest BCUT2D eigenvalue weighted by atomic mass is 10.2. The lowest BCUT2D eigenvalue weighted by Crippen LogP contribution is -2.14. The molecule has 3 aromatic rings. The predicted octanol–water partition coefficient (Wildman–Crippen LogP) is 3.72. The fourth-order valence-corrected chi connectivity index (χ4v) is 2.63. The zero-order valence-electron chi connectivity index (χ0n) is 14.8. The third-order valence-electron chi connectivity index (χ3n) is 4.14. The molecule has 0 aliphatic carbocycles. The van der Waals surface area contributed by atoms with Crippen LogP contribution in [-0.4, -0.2) is 22.1 Å². The van der Waals surface area contributed by atoms with Crippen LogP contribution in [-0.2, 0) is 6.54 Å². The summed E-state index contributed by atoms with van der Waals surface area (Å²) in [5.41, 5.74) is 2.92. The number of nitrogens with one attached hydrogen (secondary N) is 2. The minimum atomic E-state index is -0.135. The standard InChI is InChI=1S/C19H19ClN4O2/c1-11-12(2)23-18(24-19(11)25)14-5-7-17(22-10-14)21-9-13-4-6-15(20)8-16(13)26-3/h4-8,10H,9H2,1-3H3,(H,21,22)(H,23,24,25). The van der Waals surface area contributed by atoms with E-state index in [-0.39, 0.29) is 5.56 Å². The first-order chi connectivity index (χ1) is 12.5. The van der Waals surface area contributed by atoms with Gasteiger partial charge in [-0.25, -0.2) is 9.97 Å². The molecule has 0 saturated heterocycles. The van der Waals surface area contributed by atoms with Crippen LogP contribution < -0.4 is 15.6 Å². The fourth-order valence-electron chi connectivity index (χ4n) is 2.47. The average Bonchev–Trinajstić information content (AvgIpc) is 2.65. The molecule has 0 bridgehead atoms. The number of methoxy groups -OCH3 is 1. The Morgan fingerprint density at radius 2 is 2.04 bits per heavy atom. The van der Waals surface area contributed by atoms with Crippen LogP contribution in [0.3, 0.4) is 0 Å². The monoisotopic (exact) mass is 370 g/mol. The number of pyridine rings is 1. The van der Waals surface area contributed by atoms with Gasteiger partial charge >= 0.3 is 0 Å². The summed E-state index contributed by atoms with van der Waals surface area (Å²) in [5, 5.41) is 3.87. The van der Waals surface area contributed by atoms with Crippen LogP contribution in [0.25, 0.3) is 11.4 Å². The Kier molecular flexibility index (Phi) is 5.23. The van der Waals surface area contributed by atoms with Crippen molar-refractivity contribution in [3.63, 3.8) is 0 Å². The van der Waals surface area contributed by atoms with Crippen molar-refractivity contribution in [3.8, 4) is 17.1 Å². The molecule has 0 fully saturated rings. The lowest BCUT2D eigenvalue weighted by molar-refractivity contribution is 0.410. The topological polar surface area (TPSA) is 79.9 Å². The third-order valence-corrected chi connectivity index (χ3v) is 4.38. The van der Waals surface area contributed by atoms with Gasteiger partial charge in [0.25, 0.3) is 5.56 Å². The minimum Gasteiger partial charge on any atom is -0.496 e. The van der Waals surface area contributed by atoms with Gasteiger partial charge in [-0.15, -0.1) is 0 Å². The second-order valence-corrected chi connectivity index (χ2v) is 6.30. The first kappa shape index (κ1) is 17.9. The third kappa shape index (κ3) is 3.86. The Morgan fingerprint density at radius 1 is 1.23 bits per heavy atom. The Labute approximate surface area is 156 Å². The molecule has 0 spiro atoms. The Balaban J connectivity index is 1.75. The van der Waals surface area contributed by atoms with E-state index in [1.807, 2.05) is 31.2 Å². The minimum absolute atomic E-state index is 0.135. The van der Waals surface area contributed by atoms with Crippen LogP contribution in [0, 0.1) is 13.8 Å². The summed E-state index contributed by atoms with van der Waals surface area (Å²) in [6, 6.07) is 9.21. The summed E-state index contributed by atoms with van der Waals surface area (Å²) in [7, 11) is 1.61. The van der Waals surface area contributed by atoms with E-state index in [0.717, 1.165) is 16.9 Å². The quantitative estimate of drug-likeness (QED) is 0.715. The molecule has 2 heterocycles. The Bertz CT molecular complexity index is 984. The highest BCUT2D eigenvalue weighted by Gasteiger charge is 2.07. The molecule has 0 aliphatic rings. The largest absolute Gasteiger partial charge is 0.496 e. The highest BCUT2D eigenvalue weighted by Crippen LogP contribution is 2.24. The molecule has 0 amide bonds. The van der Waals surface area contributed by atoms with Gasteiger partial charge in [0.2, 0.25) is 0 Å². The number of aryl methyl sites for hydroxylation is 1. The molecule has 0 aliphatic heterocycles. The maximum atomic E-state index is 11.9. The van der Waals surface area contributed by atoms with Crippen molar-refractivity contribution in [1.82, 2.24) is 15.0 Å². The fraction of sp³-hybridized carbons (Fsp3) is 0.211. The van der Waals surface area contributed by atoms with Crippen LogP contribution >= 0.6 is 11.6 Å². The van der Waals surface area contributed by atoms with Gasteiger partial charge in [-0.1, -0.05) is 17.7 Å². The Morgan fingerprint density at radius 3 is 2.69 bits per heavy atom. The number of halogens is 1. The van der Waals surface area contributed by atoms with E-state index in [1.54, 1.807) is 26.3 Å². The second-order valence-electron chi connectivity index (χ2n) is 5.87. The first-order valence-electron chi connectivity index (χ1n) is 8.08. The normalized spacial score (nSPS) is 10.6. The van der Waals surface area contributed by atoms with Crippen LogP contribution in [0.4, 0.5) is 5.82 Å². The van der Waals surface area contributed by atoms with E-state index in [2.05, 4.69) is 20.3 Å². The van der Waals surface area contributed by atoms with Crippen molar-refractivity contribution in [3.05, 3.63) is 68.7 Å². The van der Waals surface area contributed by atoms with E-state index in [9.17, 15) is 4.79 Å². The number of anilines is 1.